The lowest BCUT2D eigenvalue weighted by molar-refractivity contribution is 0.0701. The van der Waals surface area contributed by atoms with E-state index in [0.717, 1.165) is 11.1 Å². The highest BCUT2D eigenvalue weighted by molar-refractivity contribution is 6.02. The van der Waals surface area contributed by atoms with Crippen LogP contribution in [0.1, 0.15) is 51.5 Å². The molecule has 0 aliphatic rings. The van der Waals surface area contributed by atoms with Gasteiger partial charge in [-0.1, -0.05) is 37.3 Å². The fraction of sp³-hybridized carbons (Fsp3) is 0.368. The number of aromatic nitrogens is 1. The van der Waals surface area contributed by atoms with Crippen LogP contribution in [-0.4, -0.2) is 39.8 Å². The third kappa shape index (κ3) is 3.74. The molecule has 0 spiro atoms. The van der Waals surface area contributed by atoms with Crippen LogP contribution in [0.5, 0.6) is 0 Å². The maximum atomic E-state index is 13.0. The van der Waals surface area contributed by atoms with E-state index in [1.165, 1.54) is 6.92 Å². The molecule has 2 rings (SSSR count). The molecule has 0 aliphatic heterocycles. The van der Waals surface area contributed by atoms with Crippen LogP contribution >= 0.6 is 0 Å². The number of aliphatic hydroxyl groups excluding tert-OH is 1. The molecule has 0 aliphatic carbocycles. The van der Waals surface area contributed by atoms with E-state index in [0.29, 0.717) is 29.9 Å². The van der Waals surface area contributed by atoms with Gasteiger partial charge in [0.15, 0.2) is 5.78 Å². The Morgan fingerprint density at radius 1 is 1.21 bits per heavy atom. The zero-order valence-electron chi connectivity index (χ0n) is 14.4. The largest absolute Gasteiger partial charge is 0.395 e. The van der Waals surface area contributed by atoms with Gasteiger partial charge in [0.25, 0.3) is 5.91 Å². The molecule has 1 aromatic carbocycles. The number of aryl methyl sites for hydroxylation is 1. The van der Waals surface area contributed by atoms with Crippen molar-refractivity contribution < 1.29 is 14.7 Å². The molecule has 24 heavy (non-hydrogen) atoms. The number of rotatable bonds is 7. The summed E-state index contributed by atoms with van der Waals surface area (Å²) in [4.78, 5) is 29.5. The van der Waals surface area contributed by atoms with E-state index in [1.54, 1.807) is 11.8 Å². The molecule has 0 fully saturated rings. The minimum Gasteiger partial charge on any atom is -0.395 e. The number of benzene rings is 1. The number of carbonyl (C=O) groups excluding carboxylic acids is 2. The molecular formula is C19H24N2O3. The van der Waals surface area contributed by atoms with Gasteiger partial charge in [0.2, 0.25) is 0 Å². The predicted molar refractivity (Wildman–Crippen MR) is 93.2 cm³/mol. The van der Waals surface area contributed by atoms with E-state index in [9.17, 15) is 14.7 Å². The molecule has 128 valence electrons. The number of carbonyl (C=O) groups is 2. The fourth-order valence-corrected chi connectivity index (χ4v) is 3.02. The molecule has 0 radical (unpaired) electrons. The molecular weight excluding hydrogens is 304 g/mol. The van der Waals surface area contributed by atoms with Gasteiger partial charge < -0.3 is 15.0 Å². The van der Waals surface area contributed by atoms with Crippen molar-refractivity contribution in [2.24, 2.45) is 0 Å². The summed E-state index contributed by atoms with van der Waals surface area (Å²) in [6, 6.07) is 9.64. The summed E-state index contributed by atoms with van der Waals surface area (Å²) >= 11 is 0. The molecule has 0 unspecified atom stereocenters. The van der Waals surface area contributed by atoms with Crippen LogP contribution in [0.3, 0.4) is 0 Å². The van der Waals surface area contributed by atoms with Gasteiger partial charge in [-0.2, -0.15) is 0 Å². The molecule has 2 N–H and O–H groups in total. The Morgan fingerprint density at radius 3 is 2.42 bits per heavy atom. The van der Waals surface area contributed by atoms with Crippen LogP contribution in [0.25, 0.3) is 0 Å². The summed E-state index contributed by atoms with van der Waals surface area (Å²) in [6.45, 7) is 5.79. The fourth-order valence-electron chi connectivity index (χ4n) is 3.02. The summed E-state index contributed by atoms with van der Waals surface area (Å²) in [7, 11) is 0. The summed E-state index contributed by atoms with van der Waals surface area (Å²) in [6.07, 6.45) is 0.596. The van der Waals surface area contributed by atoms with E-state index in [4.69, 9.17) is 0 Å². The normalized spacial score (nSPS) is 10.7. The number of aliphatic hydroxyl groups is 1. The maximum Gasteiger partial charge on any atom is 0.270 e. The SMILES string of the molecule is CCc1c(C(=O)N(CCO)Cc2ccccc2)[nH]c(C)c1C(C)=O. The zero-order valence-corrected chi connectivity index (χ0v) is 14.4. The van der Waals surface area contributed by atoms with Crippen molar-refractivity contribution in [3.05, 3.63) is 58.4 Å². The Labute approximate surface area is 142 Å². The van der Waals surface area contributed by atoms with Crippen LogP contribution in [0.15, 0.2) is 30.3 Å². The quantitative estimate of drug-likeness (QED) is 0.768. The second-order valence-electron chi connectivity index (χ2n) is 5.82. The third-order valence-corrected chi connectivity index (χ3v) is 4.08. The highest BCUT2D eigenvalue weighted by Crippen LogP contribution is 2.22. The summed E-state index contributed by atoms with van der Waals surface area (Å²) in [5, 5.41) is 9.33. The van der Waals surface area contributed by atoms with Crippen LogP contribution in [0, 0.1) is 6.92 Å². The summed E-state index contributed by atoms with van der Waals surface area (Å²) < 4.78 is 0. The third-order valence-electron chi connectivity index (χ3n) is 4.08. The first-order valence-electron chi connectivity index (χ1n) is 8.16. The van der Waals surface area contributed by atoms with Crippen LogP contribution in [-0.2, 0) is 13.0 Å². The van der Waals surface area contributed by atoms with Gasteiger partial charge in [0, 0.05) is 24.3 Å². The van der Waals surface area contributed by atoms with Crippen molar-refractivity contribution in [1.82, 2.24) is 9.88 Å². The van der Waals surface area contributed by atoms with Crippen molar-refractivity contribution in [3.8, 4) is 0 Å². The summed E-state index contributed by atoms with van der Waals surface area (Å²) in [5.74, 6) is -0.239. The molecule has 2 aromatic rings. The average molecular weight is 328 g/mol. The van der Waals surface area contributed by atoms with Gasteiger partial charge >= 0.3 is 0 Å². The first kappa shape index (κ1) is 17.9. The van der Waals surface area contributed by atoms with Crippen LogP contribution in [0.2, 0.25) is 0 Å². The molecule has 1 heterocycles. The van der Waals surface area contributed by atoms with E-state index >= 15 is 0 Å². The molecule has 0 saturated heterocycles. The molecule has 5 heteroatoms. The van der Waals surface area contributed by atoms with Crippen molar-refractivity contribution in [3.63, 3.8) is 0 Å². The average Bonchev–Trinajstić information content (AvgIpc) is 2.91. The topological polar surface area (TPSA) is 73.4 Å². The van der Waals surface area contributed by atoms with Gasteiger partial charge in [-0.05, 0) is 31.4 Å². The Morgan fingerprint density at radius 2 is 1.88 bits per heavy atom. The standard InChI is InChI=1S/C19H24N2O3/c1-4-16-17(14(3)23)13(2)20-18(16)19(24)21(10-11-22)12-15-8-6-5-7-9-15/h5-9,20,22H,4,10-12H2,1-3H3. The maximum absolute atomic E-state index is 13.0. The van der Waals surface area contributed by atoms with E-state index in [1.807, 2.05) is 37.3 Å². The van der Waals surface area contributed by atoms with Gasteiger partial charge in [-0.25, -0.2) is 0 Å². The van der Waals surface area contributed by atoms with E-state index in [-0.39, 0.29) is 24.8 Å². The van der Waals surface area contributed by atoms with Crippen LogP contribution < -0.4 is 0 Å². The first-order valence-corrected chi connectivity index (χ1v) is 8.16. The number of nitrogens with one attached hydrogen (secondary N) is 1. The second kappa shape index (κ2) is 7.93. The van der Waals surface area contributed by atoms with Crippen molar-refractivity contribution >= 4 is 11.7 Å². The lowest BCUT2D eigenvalue weighted by Crippen LogP contribution is -2.34. The number of aromatic amines is 1. The number of hydrogen-bond donors (Lipinski definition) is 2. The molecule has 0 saturated carbocycles. The molecule has 1 amide bonds. The number of hydrogen-bond acceptors (Lipinski definition) is 3. The number of amides is 1. The van der Waals surface area contributed by atoms with Crippen molar-refractivity contribution in [1.29, 1.82) is 0 Å². The highest BCUT2D eigenvalue weighted by Gasteiger charge is 2.25. The number of nitrogens with zero attached hydrogens (tertiary/aromatic N) is 1. The van der Waals surface area contributed by atoms with Crippen LogP contribution in [0.4, 0.5) is 0 Å². The Bertz CT molecular complexity index is 720. The second-order valence-corrected chi connectivity index (χ2v) is 5.82. The van der Waals surface area contributed by atoms with Gasteiger partial charge in [0.1, 0.15) is 5.69 Å². The van der Waals surface area contributed by atoms with Gasteiger partial charge in [-0.15, -0.1) is 0 Å². The lowest BCUT2D eigenvalue weighted by Gasteiger charge is -2.22. The van der Waals surface area contributed by atoms with Crippen molar-refractivity contribution in [2.75, 3.05) is 13.2 Å². The van der Waals surface area contributed by atoms with E-state index in [2.05, 4.69) is 4.98 Å². The zero-order chi connectivity index (χ0) is 17.7. The minimum absolute atomic E-state index is 0.0450. The predicted octanol–water partition coefficient (Wildman–Crippen LogP) is 2.72. The Hall–Kier alpha value is -2.40. The monoisotopic (exact) mass is 328 g/mol. The van der Waals surface area contributed by atoms with Gasteiger partial charge in [-0.3, -0.25) is 9.59 Å². The summed E-state index contributed by atoms with van der Waals surface area (Å²) in [5.41, 5.74) is 3.51. The Balaban J connectivity index is 2.36. The van der Waals surface area contributed by atoms with Crippen molar-refractivity contribution in [2.45, 2.75) is 33.7 Å². The lowest BCUT2D eigenvalue weighted by atomic mass is 10.0. The molecule has 1 aromatic heterocycles. The molecule has 5 nitrogen and oxygen atoms in total. The smallest absolute Gasteiger partial charge is 0.270 e. The molecule has 0 bridgehead atoms. The number of Topliss-reactive ketones (excluding diaryl/α,β-unsaturated/α-hetero) is 1. The number of H-pyrrole nitrogens is 1. The number of ketones is 1. The van der Waals surface area contributed by atoms with E-state index < -0.39 is 0 Å². The molecule has 0 atom stereocenters. The minimum atomic E-state index is -0.194. The Kier molecular flexibility index (Phi) is 5.93. The van der Waals surface area contributed by atoms with Gasteiger partial charge in [0.05, 0.1) is 6.61 Å². The highest BCUT2D eigenvalue weighted by atomic mass is 16.3. The first-order chi connectivity index (χ1) is 11.5.